The summed E-state index contributed by atoms with van der Waals surface area (Å²) in [6.07, 6.45) is 3.02. The Morgan fingerprint density at radius 2 is 2.23 bits per heavy atom. The van der Waals surface area contributed by atoms with E-state index in [2.05, 4.69) is 4.98 Å². The van der Waals surface area contributed by atoms with Crippen LogP contribution in [0, 0.1) is 12.7 Å². The van der Waals surface area contributed by atoms with Crippen molar-refractivity contribution in [2.75, 3.05) is 0 Å². The molecule has 0 aliphatic heterocycles. The van der Waals surface area contributed by atoms with Crippen LogP contribution in [-0.2, 0) is 6.42 Å². The van der Waals surface area contributed by atoms with Gasteiger partial charge in [0.2, 0.25) is 0 Å². The molecule has 112 valence electrons. The molecule has 4 rings (SSSR count). The Labute approximate surface area is 126 Å². The molecule has 0 saturated carbocycles. The monoisotopic (exact) mass is 298 g/mol. The second-order valence-corrected chi connectivity index (χ2v) is 5.64. The summed E-state index contributed by atoms with van der Waals surface area (Å²) in [6.45, 7) is 1.92. The van der Waals surface area contributed by atoms with Crippen LogP contribution in [0.2, 0.25) is 0 Å². The molecule has 2 atom stereocenters. The Morgan fingerprint density at radius 3 is 3.09 bits per heavy atom. The molecule has 4 nitrogen and oxygen atoms in total. The van der Waals surface area contributed by atoms with Crippen LogP contribution in [0.25, 0.3) is 5.65 Å². The summed E-state index contributed by atoms with van der Waals surface area (Å²) in [5, 5.41) is 10.3. The van der Waals surface area contributed by atoms with E-state index in [0.29, 0.717) is 17.8 Å². The maximum atomic E-state index is 13.3. The third-order valence-corrected chi connectivity index (χ3v) is 4.01. The number of aliphatic hydroxyl groups excluding tert-OH is 1. The minimum absolute atomic E-state index is 0.294. The molecule has 1 aliphatic carbocycles. The number of ether oxygens (including phenoxy) is 1. The number of halogens is 1. The number of rotatable bonds is 2. The van der Waals surface area contributed by atoms with Crippen LogP contribution in [0.5, 0.6) is 5.75 Å². The molecule has 0 saturated heterocycles. The van der Waals surface area contributed by atoms with E-state index < -0.39 is 12.2 Å². The van der Waals surface area contributed by atoms with E-state index in [1.54, 1.807) is 6.07 Å². The highest BCUT2D eigenvalue weighted by Gasteiger charge is 2.33. The van der Waals surface area contributed by atoms with Gasteiger partial charge in [0.15, 0.2) is 17.5 Å². The van der Waals surface area contributed by atoms with Gasteiger partial charge in [-0.3, -0.25) is 0 Å². The molecular formula is C17H15FN2O2. The summed E-state index contributed by atoms with van der Waals surface area (Å²) in [6, 6.07) is 8.24. The summed E-state index contributed by atoms with van der Waals surface area (Å²) in [7, 11) is 0. The van der Waals surface area contributed by atoms with E-state index in [9.17, 15) is 9.50 Å². The van der Waals surface area contributed by atoms with Crippen LogP contribution in [0.3, 0.4) is 0 Å². The van der Waals surface area contributed by atoms with Gasteiger partial charge in [-0.15, -0.1) is 0 Å². The molecule has 1 N–H and O–H groups in total. The van der Waals surface area contributed by atoms with Crippen LogP contribution in [0.15, 0.2) is 42.7 Å². The smallest absolute Gasteiger partial charge is 0.179 e. The Bertz CT molecular complexity index is 859. The highest BCUT2D eigenvalue weighted by atomic mass is 19.1. The van der Waals surface area contributed by atoms with E-state index in [4.69, 9.17) is 4.74 Å². The van der Waals surface area contributed by atoms with E-state index >= 15 is 0 Å². The first kappa shape index (κ1) is 13.3. The van der Waals surface area contributed by atoms with Gasteiger partial charge in [0.25, 0.3) is 0 Å². The first-order valence-electron chi connectivity index (χ1n) is 7.19. The quantitative estimate of drug-likeness (QED) is 0.791. The molecule has 0 radical (unpaired) electrons. The third-order valence-electron chi connectivity index (χ3n) is 4.01. The van der Waals surface area contributed by atoms with Crippen molar-refractivity contribution in [3.05, 3.63) is 65.4 Å². The number of hydrogen-bond acceptors (Lipinski definition) is 3. The van der Waals surface area contributed by atoms with Crippen molar-refractivity contribution in [2.24, 2.45) is 0 Å². The van der Waals surface area contributed by atoms with Crippen molar-refractivity contribution in [3.63, 3.8) is 0 Å². The molecule has 0 spiro atoms. The van der Waals surface area contributed by atoms with Gasteiger partial charge in [-0.2, -0.15) is 0 Å². The van der Waals surface area contributed by atoms with Crippen LogP contribution in [-0.4, -0.2) is 20.6 Å². The molecule has 1 aliphatic rings. The Kier molecular flexibility index (Phi) is 2.90. The number of imidazole rings is 1. The highest BCUT2D eigenvalue weighted by Crippen LogP contribution is 2.36. The number of pyridine rings is 1. The Morgan fingerprint density at radius 1 is 1.36 bits per heavy atom. The average molecular weight is 298 g/mol. The van der Waals surface area contributed by atoms with Crippen LogP contribution >= 0.6 is 0 Å². The minimum Gasteiger partial charge on any atom is -0.479 e. The number of benzene rings is 1. The summed E-state index contributed by atoms with van der Waals surface area (Å²) >= 11 is 0. The number of hydrogen-bond donors (Lipinski definition) is 1. The Hall–Kier alpha value is -2.40. The number of aryl methyl sites for hydroxylation is 1. The van der Waals surface area contributed by atoms with E-state index in [-0.39, 0.29) is 5.82 Å². The molecule has 0 bridgehead atoms. The van der Waals surface area contributed by atoms with Crippen LogP contribution in [0.4, 0.5) is 4.39 Å². The van der Waals surface area contributed by atoms with E-state index in [0.717, 1.165) is 16.8 Å². The van der Waals surface area contributed by atoms with Gasteiger partial charge in [0.1, 0.15) is 5.82 Å². The lowest BCUT2D eigenvalue weighted by Gasteiger charge is -2.18. The molecule has 0 amide bonds. The van der Waals surface area contributed by atoms with E-state index in [1.807, 2.05) is 35.9 Å². The SMILES string of the molecule is Cc1cn2cccc(OC3c4ccc(F)cc4CC3O)c2n1. The summed E-state index contributed by atoms with van der Waals surface area (Å²) in [5.41, 5.74) is 3.23. The molecule has 2 unspecified atom stereocenters. The number of nitrogens with zero attached hydrogens (tertiary/aromatic N) is 2. The minimum atomic E-state index is -0.687. The van der Waals surface area contributed by atoms with Crippen molar-refractivity contribution < 1.29 is 14.2 Å². The maximum absolute atomic E-state index is 13.3. The molecular weight excluding hydrogens is 283 g/mol. The first-order valence-corrected chi connectivity index (χ1v) is 7.19. The average Bonchev–Trinajstić information content (AvgIpc) is 2.99. The molecule has 0 fully saturated rings. The summed E-state index contributed by atoms with van der Waals surface area (Å²) in [5.74, 6) is 0.314. The largest absolute Gasteiger partial charge is 0.479 e. The van der Waals surface area contributed by atoms with Crippen molar-refractivity contribution in [3.8, 4) is 5.75 Å². The van der Waals surface area contributed by atoms with Crippen molar-refractivity contribution in [1.82, 2.24) is 9.38 Å². The second kappa shape index (κ2) is 4.81. The number of fused-ring (bicyclic) bond motifs is 2. The lowest BCUT2D eigenvalue weighted by atomic mass is 10.1. The zero-order valence-electron chi connectivity index (χ0n) is 12.0. The first-order chi connectivity index (χ1) is 10.6. The van der Waals surface area contributed by atoms with Crippen molar-refractivity contribution >= 4 is 5.65 Å². The summed E-state index contributed by atoms with van der Waals surface area (Å²) < 4.78 is 21.2. The van der Waals surface area contributed by atoms with Gasteiger partial charge in [0.05, 0.1) is 11.8 Å². The van der Waals surface area contributed by atoms with Crippen molar-refractivity contribution in [2.45, 2.75) is 25.6 Å². The lowest BCUT2D eigenvalue weighted by Crippen LogP contribution is -2.19. The van der Waals surface area contributed by atoms with Gasteiger partial charge < -0.3 is 14.2 Å². The molecule has 1 aromatic carbocycles. The number of aromatic nitrogens is 2. The summed E-state index contributed by atoms with van der Waals surface area (Å²) in [4.78, 5) is 4.45. The fraction of sp³-hybridized carbons (Fsp3) is 0.235. The Balaban J connectivity index is 1.74. The fourth-order valence-corrected chi connectivity index (χ4v) is 3.05. The maximum Gasteiger partial charge on any atom is 0.179 e. The van der Waals surface area contributed by atoms with Crippen molar-refractivity contribution in [1.29, 1.82) is 0 Å². The zero-order chi connectivity index (χ0) is 15.3. The van der Waals surface area contributed by atoms with Gasteiger partial charge in [-0.1, -0.05) is 6.07 Å². The van der Waals surface area contributed by atoms with Crippen LogP contribution in [0.1, 0.15) is 22.9 Å². The normalized spacial score (nSPS) is 20.3. The molecule has 2 heterocycles. The molecule has 2 aromatic heterocycles. The third kappa shape index (κ3) is 2.05. The topological polar surface area (TPSA) is 46.8 Å². The predicted molar refractivity (Wildman–Crippen MR) is 79.4 cm³/mol. The van der Waals surface area contributed by atoms with Crippen LogP contribution < -0.4 is 4.74 Å². The molecule has 3 aromatic rings. The van der Waals surface area contributed by atoms with Gasteiger partial charge >= 0.3 is 0 Å². The molecule has 5 heteroatoms. The highest BCUT2D eigenvalue weighted by molar-refractivity contribution is 5.55. The second-order valence-electron chi connectivity index (χ2n) is 5.64. The van der Waals surface area contributed by atoms with Gasteiger partial charge in [0, 0.05) is 18.8 Å². The van der Waals surface area contributed by atoms with Gasteiger partial charge in [-0.25, -0.2) is 9.37 Å². The van der Waals surface area contributed by atoms with Gasteiger partial charge in [-0.05, 0) is 42.3 Å². The lowest BCUT2D eigenvalue weighted by molar-refractivity contribution is 0.0502. The number of aliphatic hydroxyl groups is 1. The zero-order valence-corrected chi connectivity index (χ0v) is 12.0. The molecule has 22 heavy (non-hydrogen) atoms. The predicted octanol–water partition coefficient (Wildman–Crippen LogP) is 2.82. The fourth-order valence-electron chi connectivity index (χ4n) is 3.05. The van der Waals surface area contributed by atoms with E-state index in [1.165, 1.54) is 12.1 Å². The standard InChI is InChI=1S/C17H15FN2O2/c1-10-9-20-6-2-3-15(17(20)19-10)22-16-13-5-4-12(18)7-11(13)8-14(16)21/h2-7,9,14,16,21H,8H2,1H3.